The first-order valence-electron chi connectivity index (χ1n) is 6.11. The summed E-state index contributed by atoms with van der Waals surface area (Å²) in [4.78, 5) is 11.6. The molecule has 0 rings (SSSR count). The molecule has 0 aromatic heterocycles. The minimum atomic E-state index is -2.05. The highest BCUT2D eigenvalue weighted by Crippen LogP contribution is 2.36. The summed E-state index contributed by atoms with van der Waals surface area (Å²) in [5.74, 6) is -0.603. The Morgan fingerprint density at radius 1 is 1.22 bits per heavy atom. The Morgan fingerprint density at radius 2 is 1.67 bits per heavy atom. The summed E-state index contributed by atoms with van der Waals surface area (Å²) in [5.41, 5.74) is 0. The highest BCUT2D eigenvalue weighted by Gasteiger charge is 2.38. The van der Waals surface area contributed by atoms with Gasteiger partial charge in [0.25, 0.3) is 0 Å². The summed E-state index contributed by atoms with van der Waals surface area (Å²) < 4.78 is 5.64. The molecule has 3 atom stereocenters. The molecule has 0 aliphatic carbocycles. The van der Waals surface area contributed by atoms with Crippen LogP contribution in [0, 0.1) is 0 Å². The van der Waals surface area contributed by atoms with Gasteiger partial charge < -0.3 is 19.7 Å². The molecular weight excluding hydrogens is 252 g/mol. The average molecular weight is 278 g/mol. The molecule has 0 aromatic carbocycles. The summed E-state index contributed by atoms with van der Waals surface area (Å²) in [6, 6.07) is 0. The van der Waals surface area contributed by atoms with Gasteiger partial charge in [-0.2, -0.15) is 0 Å². The van der Waals surface area contributed by atoms with Crippen LogP contribution in [0.2, 0.25) is 18.1 Å². The van der Waals surface area contributed by atoms with Crippen LogP contribution in [0.1, 0.15) is 27.7 Å². The van der Waals surface area contributed by atoms with Crippen LogP contribution in [-0.2, 0) is 9.22 Å². The molecule has 3 N–H and O–H groups in total. The summed E-state index contributed by atoms with van der Waals surface area (Å²) in [6.07, 6.45) is -4.23. The third kappa shape index (κ3) is 4.77. The molecule has 0 fully saturated rings. The predicted octanol–water partition coefficient (Wildman–Crippen LogP) is 0.680. The molecule has 6 heteroatoms. The van der Waals surface area contributed by atoms with Crippen molar-refractivity contribution in [2.45, 2.75) is 64.1 Å². The summed E-state index contributed by atoms with van der Waals surface area (Å²) in [6.45, 7) is 11.2. The van der Waals surface area contributed by atoms with Gasteiger partial charge in [0, 0.05) is 0 Å². The van der Waals surface area contributed by atoms with Gasteiger partial charge in [0.05, 0.1) is 12.7 Å². The number of aliphatic hydroxyl groups excluding tert-OH is 3. The molecule has 18 heavy (non-hydrogen) atoms. The lowest BCUT2D eigenvalue weighted by Gasteiger charge is -2.36. The Morgan fingerprint density at radius 3 is 2.00 bits per heavy atom. The average Bonchev–Trinajstić information content (AvgIpc) is 2.22. The number of hydrogen-bond donors (Lipinski definition) is 3. The molecule has 0 aromatic rings. The molecule has 108 valence electrons. The molecule has 0 heterocycles. The molecule has 0 aliphatic heterocycles. The van der Waals surface area contributed by atoms with Gasteiger partial charge in [-0.15, -0.1) is 0 Å². The number of carbonyl (C=O) groups excluding carboxylic acids is 1. The molecule has 0 bridgehead atoms. The van der Waals surface area contributed by atoms with Crippen molar-refractivity contribution >= 4 is 14.1 Å². The number of hydrogen-bond acceptors (Lipinski definition) is 5. The second-order valence-electron chi connectivity index (χ2n) is 6.19. The first-order chi connectivity index (χ1) is 7.90. The van der Waals surface area contributed by atoms with E-state index in [0.29, 0.717) is 0 Å². The third-order valence-electron chi connectivity index (χ3n) is 3.53. The van der Waals surface area contributed by atoms with E-state index in [0.717, 1.165) is 0 Å². The van der Waals surface area contributed by atoms with E-state index >= 15 is 0 Å². The molecule has 0 unspecified atom stereocenters. The number of Topliss-reactive ketones (excluding diaryl/α,β-unsaturated/α-hetero) is 1. The summed E-state index contributed by atoms with van der Waals surface area (Å²) >= 11 is 0. The van der Waals surface area contributed by atoms with Crippen molar-refractivity contribution in [3.63, 3.8) is 0 Å². The summed E-state index contributed by atoms with van der Waals surface area (Å²) in [7, 11) is -2.05. The highest BCUT2D eigenvalue weighted by molar-refractivity contribution is 6.74. The van der Waals surface area contributed by atoms with Crippen LogP contribution in [-0.4, -0.2) is 54.3 Å². The monoisotopic (exact) mass is 278 g/mol. The van der Waals surface area contributed by atoms with E-state index in [1.165, 1.54) is 6.92 Å². The van der Waals surface area contributed by atoms with Crippen molar-refractivity contribution in [2.24, 2.45) is 0 Å². The number of aliphatic hydroxyl groups is 3. The fourth-order valence-corrected chi connectivity index (χ4v) is 1.94. The molecular formula is C12H26O5Si. The number of carbonyl (C=O) groups is 1. The lowest BCUT2D eigenvalue weighted by atomic mass is 10.1. The van der Waals surface area contributed by atoms with E-state index in [9.17, 15) is 15.0 Å². The molecule has 0 radical (unpaired) electrons. The Labute approximate surface area is 110 Å². The van der Waals surface area contributed by atoms with Gasteiger partial charge in [-0.25, -0.2) is 0 Å². The van der Waals surface area contributed by atoms with Crippen molar-refractivity contribution in [1.82, 2.24) is 0 Å². The van der Waals surface area contributed by atoms with Crippen LogP contribution in [0.15, 0.2) is 0 Å². The standard InChI is InChI=1S/C12H26O5Si/c1-8(13)10(15)11(16)9(14)7-17-18(5,6)12(2,3)4/h8,10-11,13,15-16H,7H2,1-6H3/t8-,10-,11+/m1/s1. The van der Waals surface area contributed by atoms with Crippen LogP contribution in [0.3, 0.4) is 0 Å². The zero-order valence-electron chi connectivity index (χ0n) is 12.1. The molecule has 0 saturated heterocycles. The van der Waals surface area contributed by atoms with Crippen LogP contribution in [0.25, 0.3) is 0 Å². The lowest BCUT2D eigenvalue weighted by Crippen LogP contribution is -2.46. The van der Waals surface area contributed by atoms with E-state index in [1.807, 2.05) is 33.9 Å². The zero-order valence-corrected chi connectivity index (χ0v) is 13.1. The van der Waals surface area contributed by atoms with Crippen molar-refractivity contribution in [1.29, 1.82) is 0 Å². The highest BCUT2D eigenvalue weighted by atomic mass is 28.4. The second-order valence-corrected chi connectivity index (χ2v) is 11.0. The zero-order chi connectivity index (χ0) is 14.7. The third-order valence-corrected chi connectivity index (χ3v) is 8.01. The quantitative estimate of drug-likeness (QED) is 0.622. The predicted molar refractivity (Wildman–Crippen MR) is 71.9 cm³/mol. The van der Waals surface area contributed by atoms with Crippen LogP contribution in [0.4, 0.5) is 0 Å². The van der Waals surface area contributed by atoms with E-state index < -0.39 is 32.4 Å². The Hall–Kier alpha value is -0.273. The SMILES string of the molecule is C[C@@H](O)[C@@H](O)[C@@H](O)C(=O)CO[Si](C)(C)C(C)(C)C. The molecule has 0 saturated carbocycles. The Balaban J connectivity index is 4.44. The molecule has 0 amide bonds. The van der Waals surface area contributed by atoms with E-state index in [-0.39, 0.29) is 11.6 Å². The fraction of sp³-hybridized carbons (Fsp3) is 0.917. The van der Waals surface area contributed by atoms with Gasteiger partial charge in [0.2, 0.25) is 0 Å². The van der Waals surface area contributed by atoms with Gasteiger partial charge in [-0.05, 0) is 25.1 Å². The first kappa shape index (κ1) is 17.7. The van der Waals surface area contributed by atoms with E-state index in [2.05, 4.69) is 0 Å². The smallest absolute Gasteiger partial charge is 0.192 e. The van der Waals surface area contributed by atoms with Crippen molar-refractivity contribution in [3.05, 3.63) is 0 Å². The number of ketones is 1. The maximum absolute atomic E-state index is 11.6. The van der Waals surface area contributed by atoms with Gasteiger partial charge >= 0.3 is 0 Å². The minimum absolute atomic E-state index is 0.0267. The molecule has 0 spiro atoms. The number of rotatable bonds is 6. The molecule has 0 aliphatic rings. The maximum Gasteiger partial charge on any atom is 0.192 e. The fourth-order valence-electron chi connectivity index (χ4n) is 1.01. The maximum atomic E-state index is 11.6. The van der Waals surface area contributed by atoms with Crippen molar-refractivity contribution < 1.29 is 24.5 Å². The van der Waals surface area contributed by atoms with Gasteiger partial charge in [0.15, 0.2) is 14.1 Å². The normalized spacial score (nSPS) is 18.3. The van der Waals surface area contributed by atoms with Crippen molar-refractivity contribution in [2.75, 3.05) is 6.61 Å². The first-order valence-corrected chi connectivity index (χ1v) is 9.02. The Bertz CT molecular complexity index is 283. The van der Waals surface area contributed by atoms with Crippen molar-refractivity contribution in [3.8, 4) is 0 Å². The topological polar surface area (TPSA) is 87.0 Å². The van der Waals surface area contributed by atoms with Crippen LogP contribution in [0.5, 0.6) is 0 Å². The van der Waals surface area contributed by atoms with Gasteiger partial charge in [-0.3, -0.25) is 4.79 Å². The van der Waals surface area contributed by atoms with Gasteiger partial charge in [-0.1, -0.05) is 20.8 Å². The van der Waals surface area contributed by atoms with Crippen LogP contribution >= 0.6 is 0 Å². The van der Waals surface area contributed by atoms with Crippen LogP contribution < -0.4 is 0 Å². The Kier molecular flexibility index (Phi) is 6.16. The largest absolute Gasteiger partial charge is 0.409 e. The van der Waals surface area contributed by atoms with E-state index in [1.54, 1.807) is 0 Å². The van der Waals surface area contributed by atoms with E-state index in [4.69, 9.17) is 9.53 Å². The lowest BCUT2D eigenvalue weighted by molar-refractivity contribution is -0.140. The second kappa shape index (κ2) is 6.25. The van der Waals surface area contributed by atoms with Gasteiger partial charge in [0.1, 0.15) is 12.2 Å². The molecule has 5 nitrogen and oxygen atoms in total. The minimum Gasteiger partial charge on any atom is -0.409 e. The summed E-state index contributed by atoms with van der Waals surface area (Å²) in [5, 5.41) is 28.0.